The molecule has 0 aliphatic carbocycles. The van der Waals surface area contributed by atoms with Gasteiger partial charge in [0.2, 0.25) is 5.43 Å². The number of amides is 1. The van der Waals surface area contributed by atoms with Crippen LogP contribution in [-0.2, 0) is 5.75 Å². The molecule has 0 unspecified atom stereocenters. The van der Waals surface area contributed by atoms with Gasteiger partial charge in [0, 0.05) is 28.2 Å². The Bertz CT molecular complexity index is 1590. The molecule has 1 aromatic heterocycles. The van der Waals surface area contributed by atoms with Gasteiger partial charge in [0.15, 0.2) is 11.4 Å². The van der Waals surface area contributed by atoms with Crippen molar-refractivity contribution in [3.8, 4) is 17.6 Å². The Labute approximate surface area is 219 Å². The topological polar surface area (TPSA) is 74.6 Å². The molecule has 0 saturated carbocycles. The highest BCUT2D eigenvalue weighted by Gasteiger charge is 2.45. The lowest BCUT2D eigenvalue weighted by atomic mass is 9.86. The number of pyridine rings is 1. The van der Waals surface area contributed by atoms with E-state index < -0.39 is 41.7 Å². The number of nitrogens with zero attached hydrogens (tertiary/aromatic N) is 2. The summed E-state index contributed by atoms with van der Waals surface area (Å²) in [5.41, 5.74) is 4.39. The van der Waals surface area contributed by atoms with Crippen molar-refractivity contribution in [2.24, 2.45) is 0 Å². The minimum atomic E-state index is -4.70. The first-order valence-corrected chi connectivity index (χ1v) is 12.6. The van der Waals surface area contributed by atoms with Gasteiger partial charge in [-0.15, -0.1) is 11.8 Å². The quantitative estimate of drug-likeness (QED) is 0.342. The Hall–Kier alpha value is -3.91. The zero-order valence-corrected chi connectivity index (χ0v) is 21.0. The van der Waals surface area contributed by atoms with Crippen molar-refractivity contribution in [2.45, 2.75) is 42.6 Å². The van der Waals surface area contributed by atoms with E-state index in [0.29, 0.717) is 21.1 Å². The summed E-state index contributed by atoms with van der Waals surface area (Å²) in [6.07, 6.45) is -4.70. The summed E-state index contributed by atoms with van der Waals surface area (Å²) in [5, 5.41) is 10.3. The molecule has 5 rings (SSSR count). The molecule has 196 valence electrons. The van der Waals surface area contributed by atoms with Crippen molar-refractivity contribution in [3.05, 3.63) is 92.1 Å². The molecule has 0 spiro atoms. The number of carbonyl (C=O) groups excluding carboxylic acids is 1. The average molecular weight is 544 g/mol. The number of nitrogens with one attached hydrogen (secondary N) is 1. The molecular weight excluding hydrogens is 522 g/mol. The number of halogens is 4. The SMILES string of the molecule is C[C@@H]1c2cccc(F)c2SCc2cccc(C#Cc3cc(=O)c(O)c4n3NCN([C@H](C)C(F)(F)F)C4=O)c21. The van der Waals surface area contributed by atoms with Crippen LogP contribution in [-0.4, -0.2) is 39.5 Å². The number of alkyl halides is 3. The molecule has 0 saturated heterocycles. The third-order valence-electron chi connectivity index (χ3n) is 6.78. The summed E-state index contributed by atoms with van der Waals surface area (Å²) < 4.78 is 55.4. The Morgan fingerprint density at radius 2 is 1.89 bits per heavy atom. The van der Waals surface area contributed by atoms with Crippen LogP contribution in [0.1, 0.15) is 58.2 Å². The van der Waals surface area contributed by atoms with Gasteiger partial charge in [0.25, 0.3) is 5.91 Å². The van der Waals surface area contributed by atoms with Crippen molar-refractivity contribution in [1.82, 2.24) is 9.58 Å². The normalized spacial score (nSPS) is 17.3. The minimum Gasteiger partial charge on any atom is -0.502 e. The van der Waals surface area contributed by atoms with Crippen LogP contribution in [0.15, 0.2) is 52.2 Å². The molecule has 2 aliphatic rings. The van der Waals surface area contributed by atoms with Gasteiger partial charge in [-0.3, -0.25) is 9.59 Å². The highest BCUT2D eigenvalue weighted by atomic mass is 32.2. The summed E-state index contributed by atoms with van der Waals surface area (Å²) in [4.78, 5) is 26.4. The molecule has 38 heavy (non-hydrogen) atoms. The molecule has 0 bridgehead atoms. The minimum absolute atomic E-state index is 0.00448. The second-order valence-electron chi connectivity index (χ2n) is 9.03. The zero-order chi connectivity index (χ0) is 27.4. The molecule has 11 heteroatoms. The van der Waals surface area contributed by atoms with Crippen LogP contribution in [0.25, 0.3) is 0 Å². The van der Waals surface area contributed by atoms with E-state index >= 15 is 0 Å². The van der Waals surface area contributed by atoms with Crippen molar-refractivity contribution in [2.75, 3.05) is 12.1 Å². The molecule has 2 atom stereocenters. The van der Waals surface area contributed by atoms with Crippen molar-refractivity contribution >= 4 is 17.7 Å². The molecule has 0 fully saturated rings. The average Bonchev–Trinajstić information content (AvgIpc) is 3.02. The Morgan fingerprint density at radius 3 is 2.63 bits per heavy atom. The molecule has 2 aromatic carbocycles. The molecular formula is C27H21F4N3O3S. The number of aromatic hydroxyl groups is 1. The number of hydrogen-bond acceptors (Lipinski definition) is 5. The number of hydrogen-bond donors (Lipinski definition) is 2. The summed E-state index contributed by atoms with van der Waals surface area (Å²) >= 11 is 1.40. The number of fused-ring (bicyclic) bond motifs is 3. The lowest BCUT2D eigenvalue weighted by Gasteiger charge is -2.36. The van der Waals surface area contributed by atoms with Crippen LogP contribution in [0.4, 0.5) is 17.6 Å². The number of aromatic nitrogens is 1. The molecule has 3 aromatic rings. The number of carbonyl (C=O) groups is 1. The van der Waals surface area contributed by atoms with Crippen LogP contribution >= 0.6 is 11.8 Å². The van der Waals surface area contributed by atoms with Crippen LogP contribution in [0.2, 0.25) is 0 Å². The van der Waals surface area contributed by atoms with Gasteiger partial charge in [-0.25, -0.2) is 9.07 Å². The fraction of sp³-hybridized carbons (Fsp3) is 0.259. The van der Waals surface area contributed by atoms with E-state index in [4.69, 9.17) is 0 Å². The second-order valence-corrected chi connectivity index (χ2v) is 10.0. The van der Waals surface area contributed by atoms with E-state index in [1.807, 2.05) is 25.1 Å². The Morgan fingerprint density at radius 1 is 1.16 bits per heavy atom. The van der Waals surface area contributed by atoms with E-state index in [9.17, 15) is 32.3 Å². The fourth-order valence-corrected chi connectivity index (χ4v) is 5.88. The summed E-state index contributed by atoms with van der Waals surface area (Å²) in [6.45, 7) is 2.26. The van der Waals surface area contributed by atoms with Crippen LogP contribution in [0.5, 0.6) is 5.75 Å². The molecule has 6 nitrogen and oxygen atoms in total. The Kier molecular flexibility index (Phi) is 6.39. The molecule has 2 aliphatic heterocycles. The number of benzene rings is 2. The van der Waals surface area contributed by atoms with Crippen molar-refractivity contribution in [1.29, 1.82) is 0 Å². The van der Waals surface area contributed by atoms with Gasteiger partial charge >= 0.3 is 6.18 Å². The molecule has 2 N–H and O–H groups in total. The van der Waals surface area contributed by atoms with Crippen LogP contribution in [0, 0.1) is 17.7 Å². The maximum Gasteiger partial charge on any atom is 0.408 e. The highest BCUT2D eigenvalue weighted by molar-refractivity contribution is 7.98. The summed E-state index contributed by atoms with van der Waals surface area (Å²) in [7, 11) is 0. The lowest BCUT2D eigenvalue weighted by Crippen LogP contribution is -2.54. The predicted molar refractivity (Wildman–Crippen MR) is 134 cm³/mol. The van der Waals surface area contributed by atoms with Crippen LogP contribution < -0.4 is 10.9 Å². The molecule has 3 heterocycles. The molecule has 1 amide bonds. The standard InChI is InChI=1S/C27H21F4N3O3S/c1-14-19-7-4-8-20(28)25(19)38-12-17-6-3-5-16(22(14)17)9-10-18-11-21(35)24(36)23-26(37)33(13-32-34(18)23)15(2)27(29,30)31/h3-8,11,14-15,32,36H,12-13H2,1-2H3/t14-,15-/m1/s1. The first-order chi connectivity index (χ1) is 18.0. The summed E-state index contributed by atoms with van der Waals surface area (Å²) in [6, 6.07) is 9.37. The predicted octanol–water partition coefficient (Wildman–Crippen LogP) is 4.76. The third kappa shape index (κ3) is 4.28. The van der Waals surface area contributed by atoms with Gasteiger partial charge in [0.1, 0.15) is 24.2 Å². The second kappa shape index (κ2) is 9.44. The van der Waals surface area contributed by atoms with Gasteiger partial charge in [-0.2, -0.15) is 13.2 Å². The van der Waals surface area contributed by atoms with Crippen molar-refractivity contribution in [3.63, 3.8) is 0 Å². The zero-order valence-electron chi connectivity index (χ0n) is 20.2. The van der Waals surface area contributed by atoms with E-state index in [1.54, 1.807) is 12.1 Å². The monoisotopic (exact) mass is 543 g/mol. The summed E-state index contributed by atoms with van der Waals surface area (Å²) in [5.74, 6) is 3.80. The fourth-order valence-electron chi connectivity index (χ4n) is 4.71. The smallest absolute Gasteiger partial charge is 0.408 e. The third-order valence-corrected chi connectivity index (χ3v) is 7.96. The van der Waals surface area contributed by atoms with Crippen LogP contribution in [0.3, 0.4) is 0 Å². The number of thioether (sulfide) groups is 1. The van der Waals surface area contributed by atoms with E-state index in [0.717, 1.165) is 34.4 Å². The maximum atomic E-state index is 14.5. The Balaban J connectivity index is 1.59. The van der Waals surface area contributed by atoms with E-state index in [-0.39, 0.29) is 17.4 Å². The molecule has 0 radical (unpaired) electrons. The van der Waals surface area contributed by atoms with Crippen molar-refractivity contribution < 1.29 is 27.5 Å². The lowest BCUT2D eigenvalue weighted by molar-refractivity contribution is -0.172. The van der Waals surface area contributed by atoms with Gasteiger partial charge in [0.05, 0.1) is 0 Å². The first-order valence-electron chi connectivity index (χ1n) is 11.6. The highest BCUT2D eigenvalue weighted by Crippen LogP contribution is 2.42. The van der Waals surface area contributed by atoms with Gasteiger partial charge in [-0.05, 0) is 41.7 Å². The number of rotatable bonds is 1. The maximum absolute atomic E-state index is 14.5. The van der Waals surface area contributed by atoms with Gasteiger partial charge in [-0.1, -0.05) is 37.1 Å². The van der Waals surface area contributed by atoms with E-state index in [2.05, 4.69) is 17.3 Å². The first kappa shape index (κ1) is 25.7. The largest absolute Gasteiger partial charge is 0.502 e. The van der Waals surface area contributed by atoms with Gasteiger partial charge < -0.3 is 15.4 Å². The van der Waals surface area contributed by atoms with E-state index in [1.165, 1.54) is 17.8 Å².